The van der Waals surface area contributed by atoms with Gasteiger partial charge >= 0.3 is 18.2 Å². The molecule has 2 rings (SSSR count). The molecule has 1 aromatic carbocycles. The van der Waals surface area contributed by atoms with E-state index in [9.17, 15) is 19.5 Å². The number of carboxylic acid groups (broad SMARTS) is 1. The van der Waals surface area contributed by atoms with E-state index in [1.165, 1.54) is 4.90 Å². The van der Waals surface area contributed by atoms with Crippen molar-refractivity contribution in [1.29, 1.82) is 0 Å². The Morgan fingerprint density at radius 1 is 1.24 bits per heavy atom. The van der Waals surface area contributed by atoms with Crippen LogP contribution >= 0.6 is 0 Å². The average molecular weight is 406 g/mol. The molecule has 0 aliphatic carbocycles. The number of carbonyl (C=O) groups excluding carboxylic acids is 2. The third-order valence-corrected chi connectivity index (χ3v) is 4.76. The predicted molar refractivity (Wildman–Crippen MR) is 106 cm³/mol. The number of aliphatic carboxylic acids is 1. The first-order valence-electron chi connectivity index (χ1n) is 9.82. The van der Waals surface area contributed by atoms with Gasteiger partial charge in [-0.15, -0.1) is 0 Å². The lowest BCUT2D eigenvalue weighted by atomic mass is 9.91. The van der Waals surface area contributed by atoms with Crippen molar-refractivity contribution in [3.8, 4) is 0 Å². The third kappa shape index (κ3) is 6.37. The van der Waals surface area contributed by atoms with E-state index in [4.69, 9.17) is 9.47 Å². The van der Waals surface area contributed by atoms with E-state index in [0.717, 1.165) is 5.56 Å². The van der Waals surface area contributed by atoms with E-state index in [1.807, 2.05) is 30.3 Å². The van der Waals surface area contributed by atoms with Crippen molar-refractivity contribution < 1.29 is 29.0 Å². The van der Waals surface area contributed by atoms with Gasteiger partial charge in [-0.3, -0.25) is 4.79 Å². The van der Waals surface area contributed by atoms with Crippen LogP contribution in [0.3, 0.4) is 0 Å². The quantitative estimate of drug-likeness (QED) is 0.750. The molecule has 160 valence electrons. The van der Waals surface area contributed by atoms with Gasteiger partial charge in [-0.25, -0.2) is 9.59 Å². The van der Waals surface area contributed by atoms with Gasteiger partial charge in [0.15, 0.2) is 0 Å². The van der Waals surface area contributed by atoms with Gasteiger partial charge in [0, 0.05) is 6.54 Å². The molecule has 1 saturated heterocycles. The Hall–Kier alpha value is -2.77. The van der Waals surface area contributed by atoms with Crippen LogP contribution in [0.15, 0.2) is 30.3 Å². The van der Waals surface area contributed by atoms with Gasteiger partial charge in [-0.05, 0) is 39.2 Å². The molecule has 1 aromatic rings. The van der Waals surface area contributed by atoms with Crippen molar-refractivity contribution in [3.63, 3.8) is 0 Å². The van der Waals surface area contributed by atoms with Gasteiger partial charge in [0.25, 0.3) is 0 Å². The lowest BCUT2D eigenvalue weighted by Crippen LogP contribution is -2.53. The van der Waals surface area contributed by atoms with Crippen molar-refractivity contribution in [3.05, 3.63) is 35.9 Å². The van der Waals surface area contributed by atoms with Gasteiger partial charge in [-0.2, -0.15) is 0 Å². The zero-order valence-electron chi connectivity index (χ0n) is 17.4. The van der Waals surface area contributed by atoms with Crippen LogP contribution in [0, 0.1) is 5.92 Å². The van der Waals surface area contributed by atoms with Crippen LogP contribution in [-0.2, 0) is 20.9 Å². The van der Waals surface area contributed by atoms with Gasteiger partial charge in [0.1, 0.15) is 12.2 Å². The second-order valence-corrected chi connectivity index (χ2v) is 8.12. The summed E-state index contributed by atoms with van der Waals surface area (Å²) in [6.07, 6.45) is -0.484. The van der Waals surface area contributed by atoms with Crippen molar-refractivity contribution in [2.75, 3.05) is 6.54 Å². The summed E-state index contributed by atoms with van der Waals surface area (Å²) in [5.74, 6) is -1.85. The van der Waals surface area contributed by atoms with E-state index < -0.39 is 41.8 Å². The second-order valence-electron chi connectivity index (χ2n) is 8.12. The first-order valence-corrected chi connectivity index (χ1v) is 9.82. The summed E-state index contributed by atoms with van der Waals surface area (Å²) >= 11 is 0. The molecule has 0 spiro atoms. The largest absolute Gasteiger partial charge is 0.481 e. The van der Waals surface area contributed by atoms with Crippen molar-refractivity contribution in [2.24, 2.45) is 5.92 Å². The van der Waals surface area contributed by atoms with Gasteiger partial charge < -0.3 is 24.8 Å². The van der Waals surface area contributed by atoms with Crippen LogP contribution in [0.5, 0.6) is 0 Å². The van der Waals surface area contributed by atoms with E-state index in [0.29, 0.717) is 19.4 Å². The highest BCUT2D eigenvalue weighted by Crippen LogP contribution is 2.28. The van der Waals surface area contributed by atoms with Crippen molar-refractivity contribution in [1.82, 2.24) is 10.2 Å². The molecule has 29 heavy (non-hydrogen) atoms. The number of benzene rings is 1. The molecular weight excluding hydrogens is 376 g/mol. The van der Waals surface area contributed by atoms with Gasteiger partial charge in [0.2, 0.25) is 0 Å². The van der Waals surface area contributed by atoms with Crippen LogP contribution in [-0.4, -0.2) is 52.4 Å². The lowest BCUT2D eigenvalue weighted by Gasteiger charge is -2.32. The zero-order chi connectivity index (χ0) is 21.6. The summed E-state index contributed by atoms with van der Waals surface area (Å²) in [6.45, 7) is 7.38. The fourth-order valence-corrected chi connectivity index (χ4v) is 3.51. The number of hydrogen-bond donors (Lipinski definition) is 2. The number of likely N-dealkylation sites (tertiary alicyclic amines) is 1. The number of amides is 2. The molecule has 2 N–H and O–H groups in total. The fourth-order valence-electron chi connectivity index (χ4n) is 3.51. The van der Waals surface area contributed by atoms with Crippen LogP contribution in [0.1, 0.15) is 46.1 Å². The highest BCUT2D eigenvalue weighted by atomic mass is 16.6. The molecule has 1 aliphatic rings. The standard InChI is InChI=1S/C21H30N2O6/c1-5-15(18(24)25)17-16(22-19(26)29-21(2,3)4)11-12-23(17)20(27)28-13-14-9-7-6-8-10-14/h6-10,15-17H,5,11-13H2,1-4H3,(H,22,26)(H,24,25)/t15-,16+,17-/m1/s1. The maximum atomic E-state index is 12.7. The Bertz CT molecular complexity index is 716. The summed E-state index contributed by atoms with van der Waals surface area (Å²) in [6, 6.07) is 8.00. The maximum Gasteiger partial charge on any atom is 0.410 e. The number of ether oxygens (including phenoxy) is 2. The number of nitrogens with one attached hydrogen (secondary N) is 1. The molecule has 0 aromatic heterocycles. The second kappa shape index (κ2) is 9.62. The number of nitrogens with zero attached hydrogens (tertiary/aromatic N) is 1. The molecule has 1 aliphatic heterocycles. The first kappa shape index (κ1) is 22.5. The molecule has 2 amide bonds. The minimum Gasteiger partial charge on any atom is -0.481 e. The maximum absolute atomic E-state index is 12.7. The van der Waals surface area contributed by atoms with E-state index in [2.05, 4.69) is 5.32 Å². The Morgan fingerprint density at radius 2 is 1.90 bits per heavy atom. The highest BCUT2D eigenvalue weighted by Gasteiger charge is 2.45. The zero-order valence-corrected chi connectivity index (χ0v) is 17.4. The number of carbonyl (C=O) groups is 3. The third-order valence-electron chi connectivity index (χ3n) is 4.76. The number of carboxylic acids is 1. The number of alkyl carbamates (subject to hydrolysis) is 1. The van der Waals surface area contributed by atoms with Crippen molar-refractivity contribution >= 4 is 18.2 Å². The minimum atomic E-state index is -1.02. The number of hydrogen-bond acceptors (Lipinski definition) is 5. The first-order chi connectivity index (χ1) is 13.6. The molecule has 0 bridgehead atoms. The smallest absolute Gasteiger partial charge is 0.410 e. The molecule has 0 saturated carbocycles. The minimum absolute atomic E-state index is 0.0942. The summed E-state index contributed by atoms with van der Waals surface area (Å²) in [5, 5.41) is 12.4. The van der Waals surface area contributed by atoms with Crippen LogP contribution < -0.4 is 5.32 Å². The van der Waals surface area contributed by atoms with Crippen LogP contribution in [0.25, 0.3) is 0 Å². The number of rotatable bonds is 6. The van der Waals surface area contributed by atoms with Crippen LogP contribution in [0.4, 0.5) is 9.59 Å². The topological polar surface area (TPSA) is 105 Å². The van der Waals surface area contributed by atoms with E-state index in [1.54, 1.807) is 27.7 Å². The lowest BCUT2D eigenvalue weighted by molar-refractivity contribution is -0.144. The van der Waals surface area contributed by atoms with Gasteiger partial charge in [0.05, 0.1) is 18.0 Å². The molecule has 8 nitrogen and oxygen atoms in total. The summed E-state index contributed by atoms with van der Waals surface area (Å²) in [7, 11) is 0. The van der Waals surface area contributed by atoms with E-state index in [-0.39, 0.29) is 6.61 Å². The molecular formula is C21H30N2O6. The molecule has 1 fully saturated rings. The Morgan fingerprint density at radius 3 is 2.45 bits per heavy atom. The van der Waals surface area contributed by atoms with E-state index >= 15 is 0 Å². The summed E-state index contributed by atoms with van der Waals surface area (Å²) in [5.41, 5.74) is 0.161. The molecule has 3 atom stereocenters. The van der Waals surface area contributed by atoms with Gasteiger partial charge in [-0.1, -0.05) is 37.3 Å². The normalized spacial score (nSPS) is 20.1. The summed E-state index contributed by atoms with van der Waals surface area (Å²) < 4.78 is 10.7. The Kier molecular flexibility index (Phi) is 7.47. The molecule has 8 heteroatoms. The van der Waals surface area contributed by atoms with Crippen LogP contribution in [0.2, 0.25) is 0 Å². The molecule has 0 radical (unpaired) electrons. The monoisotopic (exact) mass is 406 g/mol. The average Bonchev–Trinajstić information content (AvgIpc) is 3.02. The van der Waals surface area contributed by atoms with Crippen molar-refractivity contribution in [2.45, 2.75) is 64.8 Å². The summed E-state index contributed by atoms with van der Waals surface area (Å²) in [4.78, 5) is 38.1. The highest BCUT2D eigenvalue weighted by molar-refractivity contribution is 5.75. The SMILES string of the molecule is CC[C@@H](C(=O)O)[C@@H]1[C@@H](NC(=O)OC(C)(C)C)CCN1C(=O)OCc1ccccc1. The molecule has 0 unspecified atom stereocenters. The predicted octanol–water partition coefficient (Wildman–Crippen LogP) is 3.40. The molecule has 1 heterocycles. The Labute approximate surface area is 171 Å². The fraction of sp³-hybridized carbons (Fsp3) is 0.571. The Balaban J connectivity index is 2.12.